The van der Waals surface area contributed by atoms with Crippen molar-refractivity contribution in [2.24, 2.45) is 0 Å². The van der Waals surface area contributed by atoms with Crippen molar-refractivity contribution in [1.29, 1.82) is 0 Å². The summed E-state index contributed by atoms with van der Waals surface area (Å²) < 4.78 is 12.9. The molecule has 15 heavy (non-hydrogen) atoms. The Morgan fingerprint density at radius 3 is 2.53 bits per heavy atom. The molecule has 2 atom stereocenters. The Hall–Kier alpha value is -0.350. The van der Waals surface area contributed by atoms with Gasteiger partial charge in [-0.3, -0.25) is 4.79 Å². The molecule has 0 bridgehead atoms. The second-order valence-electron chi connectivity index (χ2n) is 4.33. The van der Waals surface area contributed by atoms with E-state index < -0.39 is 6.17 Å². The van der Waals surface area contributed by atoms with E-state index in [1.54, 1.807) is 4.90 Å². The predicted molar refractivity (Wildman–Crippen MR) is 59.0 cm³/mol. The number of hydrogen-bond acceptors (Lipinski definition) is 2. The van der Waals surface area contributed by atoms with Gasteiger partial charge in [-0.05, 0) is 19.3 Å². The fraction of sp³-hybridized carbons (Fsp3) is 0.900. The zero-order valence-corrected chi connectivity index (χ0v) is 9.73. The summed E-state index contributed by atoms with van der Waals surface area (Å²) in [4.78, 5) is 13.6. The molecule has 1 N–H and O–H groups in total. The van der Waals surface area contributed by atoms with E-state index in [0.717, 1.165) is 12.8 Å². The quantitative estimate of drug-likeness (QED) is 0.779. The molecule has 1 saturated heterocycles. The van der Waals surface area contributed by atoms with Gasteiger partial charge in [0.05, 0.1) is 6.04 Å². The van der Waals surface area contributed by atoms with E-state index in [2.05, 4.69) is 5.32 Å². The zero-order valence-electron chi connectivity index (χ0n) is 8.91. The van der Waals surface area contributed by atoms with Gasteiger partial charge in [0.15, 0.2) is 0 Å². The number of carbonyl (C=O) groups excluding carboxylic acids is 1. The minimum atomic E-state index is -0.848. The molecule has 88 valence electrons. The van der Waals surface area contributed by atoms with E-state index in [-0.39, 0.29) is 24.4 Å². The second-order valence-corrected chi connectivity index (χ2v) is 4.33. The van der Waals surface area contributed by atoms with Crippen molar-refractivity contribution >= 4 is 18.3 Å². The number of nitrogens with zero attached hydrogens (tertiary/aromatic N) is 1. The lowest BCUT2D eigenvalue weighted by Crippen LogP contribution is -2.48. The molecule has 1 aliphatic heterocycles. The average molecular weight is 237 g/mol. The highest BCUT2D eigenvalue weighted by Gasteiger charge is 2.34. The number of rotatable bonds is 2. The molecule has 2 fully saturated rings. The van der Waals surface area contributed by atoms with Crippen LogP contribution in [0, 0.1) is 0 Å². The molecule has 0 spiro atoms. The van der Waals surface area contributed by atoms with Crippen molar-refractivity contribution < 1.29 is 9.18 Å². The maximum atomic E-state index is 12.9. The Morgan fingerprint density at radius 1 is 1.47 bits per heavy atom. The van der Waals surface area contributed by atoms with Crippen LogP contribution in [0.25, 0.3) is 0 Å². The summed E-state index contributed by atoms with van der Waals surface area (Å²) in [5, 5.41) is 2.92. The number of carbonyl (C=O) groups is 1. The molecule has 2 aliphatic rings. The maximum absolute atomic E-state index is 12.9. The van der Waals surface area contributed by atoms with Gasteiger partial charge in [-0.1, -0.05) is 0 Å². The number of likely N-dealkylation sites (N-methyl/N-ethyl adjacent to an activating group) is 1. The number of nitrogens with one attached hydrogen (secondary N) is 1. The Bertz CT molecular complexity index is 231. The van der Waals surface area contributed by atoms with E-state index in [9.17, 15) is 9.18 Å². The second kappa shape index (κ2) is 5.12. The molecule has 1 aliphatic carbocycles. The maximum Gasteiger partial charge on any atom is 0.239 e. The molecule has 0 aromatic carbocycles. The third-order valence-corrected chi connectivity index (χ3v) is 3.35. The first-order valence-corrected chi connectivity index (χ1v) is 5.32. The first-order chi connectivity index (χ1) is 6.68. The molecule has 1 saturated carbocycles. The fourth-order valence-corrected chi connectivity index (χ4v) is 2.08. The van der Waals surface area contributed by atoms with Gasteiger partial charge in [0.25, 0.3) is 0 Å². The molecule has 3 nitrogen and oxygen atoms in total. The minimum Gasteiger partial charge on any atom is -0.341 e. The lowest BCUT2D eigenvalue weighted by molar-refractivity contribution is -0.135. The molecule has 5 heteroatoms. The lowest BCUT2D eigenvalue weighted by atomic mass is 9.91. The van der Waals surface area contributed by atoms with E-state index in [1.807, 2.05) is 7.05 Å². The average Bonchev–Trinajstić information content (AvgIpc) is 2.47. The van der Waals surface area contributed by atoms with Crippen LogP contribution in [0.3, 0.4) is 0 Å². The van der Waals surface area contributed by atoms with Gasteiger partial charge in [0.2, 0.25) is 5.91 Å². The number of hydrogen-bond donors (Lipinski definition) is 1. The summed E-state index contributed by atoms with van der Waals surface area (Å²) in [6, 6.07) is 0.124. The largest absolute Gasteiger partial charge is 0.341 e. The predicted octanol–water partition coefficient (Wildman–Crippen LogP) is 1.12. The van der Waals surface area contributed by atoms with Crippen molar-refractivity contribution in [3.8, 4) is 0 Å². The molecular formula is C10H18ClFN2O. The van der Waals surface area contributed by atoms with Crippen LogP contribution in [-0.4, -0.2) is 42.7 Å². The SMILES string of the molecule is CN(C(=O)[C@@H]1C[C@@H](F)CN1)C1CCC1.Cl. The number of halogens is 2. The summed E-state index contributed by atoms with van der Waals surface area (Å²) in [6.45, 7) is 0.328. The molecule has 1 amide bonds. The fourth-order valence-electron chi connectivity index (χ4n) is 2.08. The van der Waals surface area contributed by atoms with E-state index in [4.69, 9.17) is 0 Å². The van der Waals surface area contributed by atoms with Crippen LogP contribution >= 0.6 is 12.4 Å². The monoisotopic (exact) mass is 236 g/mol. The molecular weight excluding hydrogens is 219 g/mol. The smallest absolute Gasteiger partial charge is 0.239 e. The normalized spacial score (nSPS) is 30.5. The first-order valence-electron chi connectivity index (χ1n) is 5.32. The zero-order chi connectivity index (χ0) is 10.1. The topological polar surface area (TPSA) is 32.3 Å². The van der Waals surface area contributed by atoms with E-state index >= 15 is 0 Å². The molecule has 0 aromatic rings. The summed E-state index contributed by atoms with van der Waals surface area (Å²) in [5.41, 5.74) is 0. The lowest BCUT2D eigenvalue weighted by Gasteiger charge is -2.36. The molecule has 0 radical (unpaired) electrons. The first kappa shape index (κ1) is 12.7. The number of alkyl halides is 1. The Morgan fingerprint density at radius 2 is 2.13 bits per heavy atom. The summed E-state index contributed by atoms with van der Waals surface area (Å²) in [7, 11) is 1.83. The van der Waals surface area contributed by atoms with E-state index in [1.165, 1.54) is 6.42 Å². The van der Waals surface area contributed by atoms with Crippen molar-refractivity contribution in [3.05, 3.63) is 0 Å². The van der Waals surface area contributed by atoms with Gasteiger partial charge < -0.3 is 10.2 Å². The van der Waals surface area contributed by atoms with Gasteiger partial charge >= 0.3 is 0 Å². The van der Waals surface area contributed by atoms with Crippen molar-refractivity contribution in [2.45, 2.75) is 43.9 Å². The Balaban J connectivity index is 0.00000112. The Labute approximate surface area is 95.8 Å². The van der Waals surface area contributed by atoms with Gasteiger partial charge in [0, 0.05) is 26.1 Å². The van der Waals surface area contributed by atoms with Crippen LogP contribution < -0.4 is 5.32 Å². The van der Waals surface area contributed by atoms with E-state index in [0.29, 0.717) is 19.0 Å². The third-order valence-electron chi connectivity index (χ3n) is 3.35. The molecule has 0 unspecified atom stereocenters. The highest BCUT2D eigenvalue weighted by molar-refractivity contribution is 5.85. The molecule has 2 rings (SSSR count). The minimum absolute atomic E-state index is 0. The van der Waals surface area contributed by atoms with Crippen LogP contribution in [0.2, 0.25) is 0 Å². The standard InChI is InChI=1S/C10H17FN2O.ClH/c1-13(8-3-2-4-8)10(14)9-5-7(11)6-12-9;/h7-9,12H,2-6H2,1H3;1H/t7-,9+;/m1./s1. The summed E-state index contributed by atoms with van der Waals surface area (Å²) >= 11 is 0. The van der Waals surface area contributed by atoms with Crippen LogP contribution in [0.1, 0.15) is 25.7 Å². The van der Waals surface area contributed by atoms with Gasteiger partial charge in [-0.15, -0.1) is 12.4 Å². The summed E-state index contributed by atoms with van der Waals surface area (Å²) in [6.07, 6.45) is 2.92. The van der Waals surface area contributed by atoms with Gasteiger partial charge in [-0.2, -0.15) is 0 Å². The number of amides is 1. The van der Waals surface area contributed by atoms with Crippen molar-refractivity contribution in [3.63, 3.8) is 0 Å². The highest BCUT2D eigenvalue weighted by Crippen LogP contribution is 2.25. The van der Waals surface area contributed by atoms with Crippen LogP contribution in [0.4, 0.5) is 4.39 Å². The van der Waals surface area contributed by atoms with Crippen molar-refractivity contribution in [1.82, 2.24) is 10.2 Å². The third kappa shape index (κ3) is 2.61. The highest BCUT2D eigenvalue weighted by atomic mass is 35.5. The van der Waals surface area contributed by atoms with Gasteiger partial charge in [-0.25, -0.2) is 4.39 Å². The van der Waals surface area contributed by atoms with Crippen LogP contribution in [-0.2, 0) is 4.79 Å². The van der Waals surface area contributed by atoms with Crippen molar-refractivity contribution in [2.75, 3.05) is 13.6 Å². The Kier molecular flexibility index (Phi) is 4.34. The molecule has 1 heterocycles. The van der Waals surface area contributed by atoms with Gasteiger partial charge in [0.1, 0.15) is 6.17 Å². The molecule has 0 aromatic heterocycles. The van der Waals surface area contributed by atoms with Crippen LogP contribution in [0.15, 0.2) is 0 Å². The van der Waals surface area contributed by atoms with Crippen LogP contribution in [0.5, 0.6) is 0 Å². The summed E-state index contributed by atoms with van der Waals surface area (Å²) in [5.74, 6) is 0.0647.